The van der Waals surface area contributed by atoms with E-state index in [4.69, 9.17) is 20.9 Å². The molecule has 1 aromatic rings. The number of methoxy groups -OCH3 is 1. The molecule has 0 fully saturated rings. The second kappa shape index (κ2) is 7.97. The summed E-state index contributed by atoms with van der Waals surface area (Å²) < 4.78 is 10.9. The zero-order valence-electron chi connectivity index (χ0n) is 11.3. The molecule has 0 radical (unpaired) electrons. The Morgan fingerprint density at radius 1 is 1.32 bits per heavy atom. The van der Waals surface area contributed by atoms with Crippen LogP contribution in [0.25, 0.3) is 0 Å². The van der Waals surface area contributed by atoms with Crippen molar-refractivity contribution in [3.8, 4) is 11.5 Å². The molecule has 1 aromatic carbocycles. The highest BCUT2D eigenvalue weighted by atomic mass is 16.5. The fourth-order valence-corrected chi connectivity index (χ4v) is 1.38. The normalized spacial score (nSPS) is 10.4. The summed E-state index contributed by atoms with van der Waals surface area (Å²) >= 11 is 0. The maximum Gasteiger partial charge on any atom is 0.211 e. The first kappa shape index (κ1) is 14.8. The van der Waals surface area contributed by atoms with Crippen molar-refractivity contribution in [2.45, 2.75) is 19.8 Å². The van der Waals surface area contributed by atoms with Crippen molar-refractivity contribution in [1.82, 2.24) is 0 Å². The van der Waals surface area contributed by atoms with Crippen molar-refractivity contribution in [1.29, 1.82) is 0 Å². The number of ether oxygens (including phenoxy) is 2. The van der Waals surface area contributed by atoms with E-state index in [2.05, 4.69) is 17.1 Å². The highest BCUT2D eigenvalue weighted by Crippen LogP contribution is 2.27. The minimum absolute atomic E-state index is 0.0795. The number of unbranched alkanes of at least 4 members (excludes halogenated alkanes) is 1. The van der Waals surface area contributed by atoms with Crippen molar-refractivity contribution in [2.75, 3.05) is 13.7 Å². The van der Waals surface area contributed by atoms with Crippen LogP contribution < -0.4 is 20.9 Å². The lowest BCUT2D eigenvalue weighted by Crippen LogP contribution is -2.21. The number of nitrogens with zero attached hydrogens (tertiary/aromatic N) is 2. The fraction of sp³-hybridized carbons (Fsp3) is 0.385. The van der Waals surface area contributed by atoms with Gasteiger partial charge in [-0.1, -0.05) is 13.3 Å². The van der Waals surface area contributed by atoms with E-state index < -0.39 is 0 Å². The van der Waals surface area contributed by atoms with Crippen molar-refractivity contribution in [3.63, 3.8) is 0 Å². The van der Waals surface area contributed by atoms with Gasteiger partial charge < -0.3 is 20.9 Å². The van der Waals surface area contributed by atoms with Crippen molar-refractivity contribution < 1.29 is 9.47 Å². The maximum absolute atomic E-state index is 5.66. The van der Waals surface area contributed by atoms with Crippen molar-refractivity contribution in [2.24, 2.45) is 21.7 Å². The first-order valence-corrected chi connectivity index (χ1v) is 6.10. The molecular weight excluding hydrogens is 244 g/mol. The van der Waals surface area contributed by atoms with E-state index >= 15 is 0 Å². The monoisotopic (exact) mass is 264 g/mol. The SMILES string of the molecule is CCCCOc1cc(C=NN=C(N)N)ccc1OC. The fourth-order valence-electron chi connectivity index (χ4n) is 1.38. The molecular formula is C13H20N4O2. The van der Waals surface area contributed by atoms with Gasteiger partial charge >= 0.3 is 0 Å². The van der Waals surface area contributed by atoms with Crippen molar-refractivity contribution >= 4 is 12.2 Å². The van der Waals surface area contributed by atoms with E-state index in [1.54, 1.807) is 13.3 Å². The molecule has 0 unspecified atom stereocenters. The molecule has 0 heterocycles. The average molecular weight is 264 g/mol. The Morgan fingerprint density at radius 2 is 2.11 bits per heavy atom. The molecule has 0 aliphatic heterocycles. The third-order valence-electron chi connectivity index (χ3n) is 2.32. The zero-order valence-corrected chi connectivity index (χ0v) is 11.3. The third kappa shape index (κ3) is 5.29. The summed E-state index contributed by atoms with van der Waals surface area (Å²) in [6.07, 6.45) is 3.62. The van der Waals surface area contributed by atoms with E-state index in [1.807, 2.05) is 18.2 Å². The lowest BCUT2D eigenvalue weighted by atomic mass is 10.2. The molecule has 0 saturated heterocycles. The van der Waals surface area contributed by atoms with Gasteiger partial charge in [-0.05, 0) is 30.2 Å². The minimum Gasteiger partial charge on any atom is -0.493 e. The Balaban J connectivity index is 2.82. The van der Waals surface area contributed by atoms with Crippen LogP contribution in [0.3, 0.4) is 0 Å². The molecule has 19 heavy (non-hydrogen) atoms. The summed E-state index contributed by atoms with van der Waals surface area (Å²) in [5.41, 5.74) is 11.2. The molecule has 4 N–H and O–H groups in total. The van der Waals surface area contributed by atoms with E-state index in [0.29, 0.717) is 18.1 Å². The van der Waals surface area contributed by atoms with E-state index in [0.717, 1.165) is 18.4 Å². The van der Waals surface area contributed by atoms with Crippen LogP contribution in [-0.2, 0) is 0 Å². The summed E-state index contributed by atoms with van der Waals surface area (Å²) in [6.45, 7) is 2.76. The van der Waals surface area contributed by atoms with E-state index in [-0.39, 0.29) is 5.96 Å². The molecule has 0 aliphatic rings. The Bertz CT molecular complexity index is 454. The molecule has 0 aliphatic carbocycles. The summed E-state index contributed by atoms with van der Waals surface area (Å²) in [6, 6.07) is 5.50. The van der Waals surface area contributed by atoms with Gasteiger partial charge in [0.25, 0.3) is 0 Å². The predicted molar refractivity (Wildman–Crippen MR) is 76.8 cm³/mol. The van der Waals surface area contributed by atoms with Crippen LogP contribution in [0.1, 0.15) is 25.3 Å². The van der Waals surface area contributed by atoms with Gasteiger partial charge in [0.2, 0.25) is 5.96 Å². The molecule has 0 aromatic heterocycles. The van der Waals surface area contributed by atoms with Crippen LogP contribution >= 0.6 is 0 Å². The number of nitrogens with two attached hydrogens (primary N) is 2. The maximum atomic E-state index is 5.66. The van der Waals surface area contributed by atoms with Gasteiger partial charge in [-0.3, -0.25) is 0 Å². The molecule has 6 nitrogen and oxygen atoms in total. The Labute approximate surface area is 113 Å². The first-order chi connectivity index (χ1) is 9.17. The highest BCUT2D eigenvalue weighted by Gasteiger charge is 2.04. The summed E-state index contributed by atoms with van der Waals surface area (Å²) in [5.74, 6) is 1.30. The van der Waals surface area contributed by atoms with Gasteiger partial charge in [0.15, 0.2) is 11.5 Å². The summed E-state index contributed by atoms with van der Waals surface area (Å²) in [5, 5.41) is 7.29. The first-order valence-electron chi connectivity index (χ1n) is 6.10. The van der Waals surface area contributed by atoms with Gasteiger partial charge in [-0.15, -0.1) is 5.10 Å². The van der Waals surface area contributed by atoms with E-state index in [9.17, 15) is 0 Å². The third-order valence-corrected chi connectivity index (χ3v) is 2.32. The summed E-state index contributed by atoms with van der Waals surface area (Å²) in [4.78, 5) is 0. The number of hydrogen-bond acceptors (Lipinski definition) is 4. The number of rotatable bonds is 7. The standard InChI is InChI=1S/C13H20N4O2/c1-3-4-7-19-12-8-10(5-6-11(12)18-2)9-16-17-13(14)15/h5-6,8-9H,3-4,7H2,1-2H3,(H4,14,15,17). The molecule has 1 rings (SSSR count). The van der Waals surface area contributed by atoms with Crippen LogP contribution in [0.4, 0.5) is 0 Å². The quantitative estimate of drug-likeness (QED) is 0.337. The lowest BCUT2D eigenvalue weighted by Gasteiger charge is -2.10. The van der Waals surface area contributed by atoms with E-state index in [1.165, 1.54) is 0 Å². The topological polar surface area (TPSA) is 95.2 Å². The van der Waals surface area contributed by atoms with Gasteiger partial charge in [-0.2, -0.15) is 5.10 Å². The summed E-state index contributed by atoms with van der Waals surface area (Å²) in [7, 11) is 1.61. The second-order valence-electron chi connectivity index (χ2n) is 3.88. The molecule has 0 spiro atoms. The number of guanidine groups is 1. The van der Waals surface area contributed by atoms with Gasteiger partial charge in [-0.25, -0.2) is 0 Å². The Kier molecular flexibility index (Phi) is 6.21. The average Bonchev–Trinajstić information content (AvgIpc) is 2.39. The molecule has 104 valence electrons. The minimum atomic E-state index is -0.0795. The van der Waals surface area contributed by atoms with Crippen LogP contribution in [0.2, 0.25) is 0 Å². The molecule has 0 atom stereocenters. The lowest BCUT2D eigenvalue weighted by molar-refractivity contribution is 0.288. The Hall–Kier alpha value is -2.24. The Morgan fingerprint density at radius 3 is 2.74 bits per heavy atom. The molecule has 0 amide bonds. The van der Waals surface area contributed by atoms with Crippen LogP contribution in [0.5, 0.6) is 11.5 Å². The second-order valence-corrected chi connectivity index (χ2v) is 3.88. The molecule has 0 saturated carbocycles. The van der Waals surface area contributed by atoms with Crippen LogP contribution in [0.15, 0.2) is 28.4 Å². The molecule has 6 heteroatoms. The zero-order chi connectivity index (χ0) is 14.1. The van der Waals surface area contributed by atoms with Crippen molar-refractivity contribution in [3.05, 3.63) is 23.8 Å². The predicted octanol–water partition coefficient (Wildman–Crippen LogP) is 1.48. The number of hydrogen-bond donors (Lipinski definition) is 2. The number of benzene rings is 1. The highest BCUT2D eigenvalue weighted by molar-refractivity contribution is 5.82. The largest absolute Gasteiger partial charge is 0.493 e. The smallest absolute Gasteiger partial charge is 0.211 e. The van der Waals surface area contributed by atoms with Gasteiger partial charge in [0.1, 0.15) is 0 Å². The van der Waals surface area contributed by atoms with Crippen LogP contribution in [-0.4, -0.2) is 25.9 Å². The molecule has 0 bridgehead atoms. The van der Waals surface area contributed by atoms with Crippen LogP contribution in [0, 0.1) is 0 Å². The van der Waals surface area contributed by atoms with Gasteiger partial charge in [0.05, 0.1) is 19.9 Å². The van der Waals surface area contributed by atoms with Gasteiger partial charge in [0, 0.05) is 0 Å².